The summed E-state index contributed by atoms with van der Waals surface area (Å²) < 4.78 is 13.7. The number of para-hydroxylation sites is 1. The topological polar surface area (TPSA) is 36.4 Å². The van der Waals surface area contributed by atoms with E-state index in [0.29, 0.717) is 0 Å². The van der Waals surface area contributed by atoms with Crippen LogP contribution in [0.3, 0.4) is 0 Å². The molecule has 0 amide bonds. The van der Waals surface area contributed by atoms with Gasteiger partial charge in [-0.3, -0.25) is 0 Å². The Hall–Kier alpha value is -3.14. The molecule has 0 bridgehead atoms. The molecule has 0 saturated carbocycles. The molecule has 2 unspecified atom stereocenters. The molecule has 0 saturated heterocycles. The van der Waals surface area contributed by atoms with Crippen LogP contribution >= 0.6 is 0 Å². The Morgan fingerprint density at radius 2 is 1.81 bits per heavy atom. The van der Waals surface area contributed by atoms with E-state index in [2.05, 4.69) is 35.8 Å². The van der Waals surface area contributed by atoms with Gasteiger partial charge in [0.1, 0.15) is 17.8 Å². The molecule has 1 aliphatic heterocycles. The first-order valence-electron chi connectivity index (χ1n) is 9.13. The molecule has 3 nitrogen and oxygen atoms in total. The molecule has 4 rings (SSSR count). The second-order valence-corrected chi connectivity index (χ2v) is 6.86. The zero-order valence-electron chi connectivity index (χ0n) is 15.4. The average Bonchev–Trinajstić information content (AvgIpc) is 2.70. The van der Waals surface area contributed by atoms with Crippen LogP contribution in [0.1, 0.15) is 31.1 Å². The minimum absolute atomic E-state index is 0.152. The summed E-state index contributed by atoms with van der Waals surface area (Å²) in [6.45, 7) is 4.03. The summed E-state index contributed by atoms with van der Waals surface area (Å²) in [6, 6.07) is 18.2. The van der Waals surface area contributed by atoms with Crippen molar-refractivity contribution in [2.45, 2.75) is 20.0 Å². The van der Waals surface area contributed by atoms with Gasteiger partial charge in [-0.15, -0.1) is 0 Å². The molecular formula is C23H22FN3. The second-order valence-electron chi connectivity index (χ2n) is 6.86. The smallest absolute Gasteiger partial charge is 0.147 e. The zero-order chi connectivity index (χ0) is 18.8. The Bertz CT molecular complexity index is 970. The number of hydrogen-bond donors (Lipinski definition) is 2. The molecule has 136 valence electrons. The molecule has 1 heterocycles. The van der Waals surface area contributed by atoms with Crippen molar-refractivity contribution in [3.63, 3.8) is 0 Å². The van der Waals surface area contributed by atoms with Crippen molar-refractivity contribution in [1.82, 2.24) is 5.32 Å². The first kappa shape index (κ1) is 17.3. The van der Waals surface area contributed by atoms with Gasteiger partial charge in [0.15, 0.2) is 0 Å². The second kappa shape index (κ2) is 7.23. The lowest BCUT2D eigenvalue weighted by atomic mass is 9.94. The maximum Gasteiger partial charge on any atom is 0.147 e. The lowest BCUT2D eigenvalue weighted by Gasteiger charge is -2.27. The van der Waals surface area contributed by atoms with Crippen LogP contribution in [0.25, 0.3) is 0 Å². The lowest BCUT2D eigenvalue weighted by Crippen LogP contribution is -2.30. The summed E-state index contributed by atoms with van der Waals surface area (Å²) in [5.74, 6) is 0.720. The largest absolute Gasteiger partial charge is 0.359 e. The van der Waals surface area contributed by atoms with E-state index < -0.39 is 0 Å². The molecule has 1 aliphatic carbocycles. The van der Waals surface area contributed by atoms with Gasteiger partial charge >= 0.3 is 0 Å². The minimum Gasteiger partial charge on any atom is -0.359 e. The molecule has 0 fully saturated rings. The molecule has 4 heteroatoms. The molecule has 2 N–H and O–H groups in total. The van der Waals surface area contributed by atoms with Gasteiger partial charge in [-0.05, 0) is 42.3 Å². The highest BCUT2D eigenvalue weighted by atomic mass is 19.1. The van der Waals surface area contributed by atoms with E-state index in [4.69, 9.17) is 4.99 Å². The number of aliphatic imine (C=N–C) groups is 1. The molecule has 27 heavy (non-hydrogen) atoms. The molecule has 0 spiro atoms. The van der Waals surface area contributed by atoms with Crippen LogP contribution in [-0.4, -0.2) is 5.84 Å². The fourth-order valence-electron chi connectivity index (χ4n) is 3.45. The monoisotopic (exact) mass is 359 g/mol. The van der Waals surface area contributed by atoms with E-state index in [0.717, 1.165) is 33.9 Å². The molecule has 0 aromatic heterocycles. The van der Waals surface area contributed by atoms with Gasteiger partial charge in [0.2, 0.25) is 0 Å². The highest BCUT2D eigenvalue weighted by molar-refractivity contribution is 6.05. The Kier molecular flexibility index (Phi) is 4.63. The van der Waals surface area contributed by atoms with Crippen LogP contribution in [0.4, 0.5) is 10.1 Å². The molecule has 2 atom stereocenters. The normalized spacial score (nSPS) is 22.9. The van der Waals surface area contributed by atoms with Crippen molar-refractivity contribution in [1.29, 1.82) is 0 Å². The summed E-state index contributed by atoms with van der Waals surface area (Å²) in [6.07, 6.45) is 4.82. The Labute approximate surface area is 159 Å². The van der Waals surface area contributed by atoms with Gasteiger partial charge in [0.25, 0.3) is 0 Å². The number of nitrogens with zero attached hydrogens (tertiary/aromatic N) is 1. The van der Waals surface area contributed by atoms with Crippen LogP contribution < -0.4 is 10.6 Å². The first-order valence-corrected chi connectivity index (χ1v) is 9.13. The maximum atomic E-state index is 13.7. The third-order valence-electron chi connectivity index (χ3n) is 4.91. The van der Waals surface area contributed by atoms with Crippen molar-refractivity contribution < 1.29 is 4.39 Å². The molecule has 0 radical (unpaired) electrons. The number of nitrogens with one attached hydrogen (secondary N) is 2. The van der Waals surface area contributed by atoms with E-state index in [-0.39, 0.29) is 17.9 Å². The van der Waals surface area contributed by atoms with E-state index >= 15 is 0 Å². The van der Waals surface area contributed by atoms with Crippen molar-refractivity contribution in [2.24, 2.45) is 10.9 Å². The highest BCUT2D eigenvalue weighted by Crippen LogP contribution is 2.30. The fraction of sp³-hybridized carbons (Fsp3) is 0.174. The van der Waals surface area contributed by atoms with Gasteiger partial charge in [0, 0.05) is 22.9 Å². The molecule has 2 aromatic carbocycles. The molecular weight excluding hydrogens is 337 g/mol. The van der Waals surface area contributed by atoms with E-state index in [1.165, 1.54) is 6.08 Å². The van der Waals surface area contributed by atoms with Crippen LogP contribution in [0.5, 0.6) is 0 Å². The number of rotatable bonds is 2. The van der Waals surface area contributed by atoms with Crippen LogP contribution in [0.2, 0.25) is 0 Å². The third kappa shape index (κ3) is 3.56. The predicted molar refractivity (Wildman–Crippen MR) is 109 cm³/mol. The van der Waals surface area contributed by atoms with E-state index in [1.54, 1.807) is 6.08 Å². The number of halogens is 1. The summed E-state index contributed by atoms with van der Waals surface area (Å²) in [5.41, 5.74) is 4.97. The number of amidine groups is 1. The third-order valence-corrected chi connectivity index (χ3v) is 4.91. The summed E-state index contributed by atoms with van der Waals surface area (Å²) in [5, 5.41) is 6.93. The predicted octanol–water partition coefficient (Wildman–Crippen LogP) is 5.48. The summed E-state index contributed by atoms with van der Waals surface area (Å²) >= 11 is 0. The van der Waals surface area contributed by atoms with Gasteiger partial charge in [0.05, 0.1) is 0 Å². The summed E-state index contributed by atoms with van der Waals surface area (Å²) in [4.78, 5) is 4.90. The van der Waals surface area contributed by atoms with Crippen molar-refractivity contribution >= 4 is 11.5 Å². The molecule has 2 aromatic rings. The van der Waals surface area contributed by atoms with Gasteiger partial charge in [-0.2, -0.15) is 0 Å². The highest BCUT2D eigenvalue weighted by Gasteiger charge is 2.22. The minimum atomic E-state index is -0.223. The lowest BCUT2D eigenvalue weighted by molar-refractivity contribution is 0.651. The number of allylic oxidation sites excluding steroid dienone is 6. The Balaban J connectivity index is 1.72. The van der Waals surface area contributed by atoms with Crippen molar-refractivity contribution in [2.75, 3.05) is 5.32 Å². The van der Waals surface area contributed by atoms with Crippen molar-refractivity contribution in [3.05, 3.63) is 101 Å². The van der Waals surface area contributed by atoms with Gasteiger partial charge < -0.3 is 10.6 Å². The zero-order valence-corrected chi connectivity index (χ0v) is 15.4. The van der Waals surface area contributed by atoms with Crippen molar-refractivity contribution in [3.8, 4) is 0 Å². The van der Waals surface area contributed by atoms with Gasteiger partial charge in [-0.25, -0.2) is 9.38 Å². The first-order chi connectivity index (χ1) is 13.1. The number of fused-ring (bicyclic) bond motifs is 1. The SMILES string of the molecule is C/C(NC1=NC(c2ccccc2)Nc2ccccc21)=C1/C=C(F)C=CC1C. The van der Waals surface area contributed by atoms with E-state index in [9.17, 15) is 4.39 Å². The fourth-order valence-corrected chi connectivity index (χ4v) is 3.45. The molecule has 2 aliphatic rings. The maximum absolute atomic E-state index is 13.7. The number of hydrogen-bond acceptors (Lipinski definition) is 3. The standard InChI is InChI=1S/C23H22FN3/c1-15-12-13-18(24)14-20(15)16(2)25-23-19-10-6-7-11-21(19)26-22(27-23)17-8-4-3-5-9-17/h3-15,22,26H,1-2H3,(H,25,27)/b20-16+. The Morgan fingerprint density at radius 3 is 2.63 bits per heavy atom. The quantitative estimate of drug-likeness (QED) is 0.745. The average molecular weight is 359 g/mol. The van der Waals surface area contributed by atoms with Gasteiger partial charge in [-0.1, -0.05) is 55.5 Å². The van der Waals surface area contributed by atoms with Crippen LogP contribution in [0.15, 0.2) is 94.9 Å². The van der Waals surface area contributed by atoms with Crippen LogP contribution in [0, 0.1) is 5.92 Å². The number of anilines is 1. The number of benzene rings is 2. The van der Waals surface area contributed by atoms with E-state index in [1.807, 2.05) is 49.4 Å². The summed E-state index contributed by atoms with van der Waals surface area (Å²) in [7, 11) is 0. The Morgan fingerprint density at radius 1 is 1.07 bits per heavy atom. The van der Waals surface area contributed by atoms with Crippen LogP contribution in [-0.2, 0) is 0 Å².